The van der Waals surface area contributed by atoms with Crippen molar-refractivity contribution in [3.63, 3.8) is 0 Å². The average Bonchev–Trinajstić information content (AvgIpc) is 3.22. The van der Waals surface area contributed by atoms with Crippen molar-refractivity contribution in [2.24, 2.45) is 0 Å². The molecule has 0 atom stereocenters. The van der Waals surface area contributed by atoms with Crippen LogP contribution < -0.4 is 10.1 Å². The lowest BCUT2D eigenvalue weighted by molar-refractivity contribution is 0.0448. The van der Waals surface area contributed by atoms with Gasteiger partial charge in [-0.05, 0) is 48.5 Å². The first-order valence-corrected chi connectivity index (χ1v) is 8.13. The van der Waals surface area contributed by atoms with Crippen LogP contribution >= 0.6 is 0 Å². The first-order chi connectivity index (χ1) is 13.1. The highest BCUT2D eigenvalue weighted by Gasteiger charge is 2.11. The molecule has 1 amide bonds. The van der Waals surface area contributed by atoms with Crippen molar-refractivity contribution in [3.05, 3.63) is 84.1 Å². The lowest BCUT2D eigenvalue weighted by atomic mass is 10.2. The third kappa shape index (κ3) is 4.94. The number of para-hydroxylation sites is 1. The molecule has 0 saturated heterocycles. The molecule has 1 heterocycles. The lowest BCUT2D eigenvalue weighted by Gasteiger charge is -2.08. The van der Waals surface area contributed by atoms with Crippen molar-refractivity contribution in [3.8, 4) is 5.75 Å². The molecule has 3 aromatic rings. The predicted molar refractivity (Wildman–Crippen MR) is 95.3 cm³/mol. The minimum Gasteiger partial charge on any atom is -0.487 e. The van der Waals surface area contributed by atoms with Gasteiger partial charge in [0.2, 0.25) is 0 Å². The smallest absolute Gasteiger partial charge is 0.338 e. The van der Waals surface area contributed by atoms with Crippen molar-refractivity contribution in [1.29, 1.82) is 0 Å². The van der Waals surface area contributed by atoms with Crippen LogP contribution in [-0.4, -0.2) is 25.1 Å². The number of halogens is 1. The van der Waals surface area contributed by atoms with E-state index in [4.69, 9.17) is 13.9 Å². The van der Waals surface area contributed by atoms with Gasteiger partial charge in [0.25, 0.3) is 5.91 Å². The zero-order valence-electron chi connectivity index (χ0n) is 14.2. The Balaban J connectivity index is 1.46. The Hall–Kier alpha value is -3.61. The van der Waals surface area contributed by atoms with Crippen molar-refractivity contribution in [2.45, 2.75) is 0 Å². The van der Waals surface area contributed by atoms with Gasteiger partial charge in [0.05, 0.1) is 11.8 Å². The molecule has 0 spiro atoms. The monoisotopic (exact) mass is 369 g/mol. The number of rotatable bonds is 7. The summed E-state index contributed by atoms with van der Waals surface area (Å²) in [5, 5.41) is 2.65. The maximum Gasteiger partial charge on any atom is 0.338 e. The molecule has 27 heavy (non-hydrogen) atoms. The second kappa shape index (κ2) is 8.66. The van der Waals surface area contributed by atoms with E-state index in [9.17, 15) is 14.0 Å². The summed E-state index contributed by atoms with van der Waals surface area (Å²) in [5.41, 5.74) is 0.827. The van der Waals surface area contributed by atoms with Gasteiger partial charge in [-0.15, -0.1) is 0 Å². The molecule has 7 heteroatoms. The fraction of sp³-hybridized carbons (Fsp3) is 0.100. The number of esters is 1. The molecule has 0 bridgehead atoms. The number of anilines is 1. The summed E-state index contributed by atoms with van der Waals surface area (Å²) in [6.45, 7) is 0.00805. The van der Waals surface area contributed by atoms with Crippen LogP contribution in [-0.2, 0) is 4.74 Å². The minimum atomic E-state index is -0.545. The van der Waals surface area contributed by atoms with Gasteiger partial charge in [-0.1, -0.05) is 12.1 Å². The van der Waals surface area contributed by atoms with E-state index in [0.717, 1.165) is 0 Å². The maximum atomic E-state index is 13.4. The van der Waals surface area contributed by atoms with Gasteiger partial charge in [-0.25, -0.2) is 9.18 Å². The number of benzene rings is 2. The summed E-state index contributed by atoms with van der Waals surface area (Å²) in [5.74, 6) is -1.12. The molecule has 6 nitrogen and oxygen atoms in total. The van der Waals surface area contributed by atoms with E-state index >= 15 is 0 Å². The van der Waals surface area contributed by atoms with Crippen LogP contribution in [0.2, 0.25) is 0 Å². The third-order valence-corrected chi connectivity index (χ3v) is 3.53. The van der Waals surface area contributed by atoms with Gasteiger partial charge < -0.3 is 19.2 Å². The molecular weight excluding hydrogens is 353 g/mol. The minimum absolute atomic E-state index is 0.0237. The Labute approximate surface area is 154 Å². The normalized spacial score (nSPS) is 10.3. The SMILES string of the molecule is O=C(OCCOc1ccccc1F)c1ccc(NC(=O)c2ccco2)cc1. The van der Waals surface area contributed by atoms with Gasteiger partial charge in [-0.3, -0.25) is 4.79 Å². The zero-order valence-corrected chi connectivity index (χ0v) is 14.2. The highest BCUT2D eigenvalue weighted by Crippen LogP contribution is 2.15. The second-order valence-corrected chi connectivity index (χ2v) is 5.42. The molecule has 2 aromatic carbocycles. The summed E-state index contributed by atoms with van der Waals surface area (Å²) < 4.78 is 28.7. The van der Waals surface area contributed by atoms with Crippen LogP contribution in [0, 0.1) is 5.82 Å². The summed E-state index contributed by atoms with van der Waals surface area (Å²) in [4.78, 5) is 23.9. The predicted octanol–water partition coefficient (Wildman–Crippen LogP) is 3.91. The Kier molecular flexibility index (Phi) is 5.84. The molecule has 0 fully saturated rings. The van der Waals surface area contributed by atoms with E-state index < -0.39 is 11.8 Å². The van der Waals surface area contributed by atoms with Gasteiger partial charge in [0.1, 0.15) is 13.2 Å². The number of carbonyl (C=O) groups excluding carboxylic acids is 2. The Bertz CT molecular complexity index is 906. The molecule has 0 saturated carbocycles. The maximum absolute atomic E-state index is 13.4. The fourth-order valence-corrected chi connectivity index (χ4v) is 2.22. The molecule has 0 aliphatic rings. The first-order valence-electron chi connectivity index (χ1n) is 8.13. The Morgan fingerprint density at radius 1 is 0.963 bits per heavy atom. The summed E-state index contributed by atoms with van der Waals surface area (Å²) >= 11 is 0. The van der Waals surface area contributed by atoms with E-state index in [0.29, 0.717) is 11.3 Å². The molecule has 0 radical (unpaired) electrons. The standard InChI is InChI=1S/C20H16FNO5/c21-16-4-1-2-5-17(16)26-12-13-27-20(24)14-7-9-15(10-8-14)22-19(23)18-6-3-11-25-18/h1-11H,12-13H2,(H,22,23). The molecule has 1 aromatic heterocycles. The second-order valence-electron chi connectivity index (χ2n) is 5.42. The van der Waals surface area contributed by atoms with Crippen molar-refractivity contribution >= 4 is 17.6 Å². The summed E-state index contributed by atoms with van der Waals surface area (Å²) in [6, 6.07) is 15.4. The number of carbonyl (C=O) groups is 2. The third-order valence-electron chi connectivity index (χ3n) is 3.53. The number of nitrogens with one attached hydrogen (secondary N) is 1. The van der Waals surface area contributed by atoms with Crippen LogP contribution in [0.3, 0.4) is 0 Å². The Morgan fingerprint density at radius 2 is 1.74 bits per heavy atom. The van der Waals surface area contributed by atoms with Crippen LogP contribution in [0.5, 0.6) is 5.75 Å². The molecule has 138 valence electrons. The zero-order chi connectivity index (χ0) is 19.1. The van der Waals surface area contributed by atoms with Crippen molar-refractivity contribution in [2.75, 3.05) is 18.5 Å². The van der Waals surface area contributed by atoms with Crippen LogP contribution in [0.25, 0.3) is 0 Å². The van der Waals surface area contributed by atoms with E-state index in [1.165, 1.54) is 30.5 Å². The van der Waals surface area contributed by atoms with Gasteiger partial charge >= 0.3 is 5.97 Å². The van der Waals surface area contributed by atoms with Gasteiger partial charge in [0, 0.05) is 5.69 Å². The quantitative estimate of drug-likeness (QED) is 0.505. The summed E-state index contributed by atoms with van der Waals surface area (Å²) in [6.07, 6.45) is 1.41. The molecule has 0 aliphatic carbocycles. The number of hydrogen-bond acceptors (Lipinski definition) is 5. The largest absolute Gasteiger partial charge is 0.487 e. The van der Waals surface area contributed by atoms with Crippen LogP contribution in [0.4, 0.5) is 10.1 Å². The van der Waals surface area contributed by atoms with Gasteiger partial charge in [-0.2, -0.15) is 0 Å². The topological polar surface area (TPSA) is 77.8 Å². The average molecular weight is 369 g/mol. The van der Waals surface area contributed by atoms with E-state index in [1.54, 1.807) is 36.4 Å². The molecule has 3 rings (SSSR count). The van der Waals surface area contributed by atoms with Gasteiger partial charge in [0.15, 0.2) is 17.3 Å². The highest BCUT2D eigenvalue weighted by atomic mass is 19.1. The molecule has 0 aliphatic heterocycles. The molecular formula is C20H16FNO5. The van der Waals surface area contributed by atoms with Crippen molar-refractivity contribution in [1.82, 2.24) is 0 Å². The van der Waals surface area contributed by atoms with Crippen LogP contribution in [0.15, 0.2) is 71.3 Å². The lowest BCUT2D eigenvalue weighted by Crippen LogP contribution is -2.13. The van der Waals surface area contributed by atoms with E-state index in [-0.39, 0.29) is 30.6 Å². The van der Waals surface area contributed by atoms with Crippen molar-refractivity contribution < 1.29 is 27.9 Å². The molecule has 0 unspecified atom stereocenters. The molecule has 1 N–H and O–H groups in total. The number of furan rings is 1. The number of hydrogen-bond donors (Lipinski definition) is 1. The summed E-state index contributed by atoms with van der Waals surface area (Å²) in [7, 11) is 0. The van der Waals surface area contributed by atoms with E-state index in [2.05, 4.69) is 5.32 Å². The fourth-order valence-electron chi connectivity index (χ4n) is 2.22. The van der Waals surface area contributed by atoms with Crippen LogP contribution in [0.1, 0.15) is 20.9 Å². The first kappa shape index (κ1) is 18.2. The number of ether oxygens (including phenoxy) is 2. The van der Waals surface area contributed by atoms with E-state index in [1.807, 2.05) is 0 Å². The number of amides is 1. The highest BCUT2D eigenvalue weighted by molar-refractivity contribution is 6.02. The Morgan fingerprint density at radius 3 is 2.44 bits per heavy atom.